The van der Waals surface area contributed by atoms with E-state index in [0.717, 1.165) is 18.4 Å². The maximum absolute atomic E-state index is 12.4. The summed E-state index contributed by atoms with van der Waals surface area (Å²) in [5.41, 5.74) is 0.141. The third-order valence-corrected chi connectivity index (χ3v) is 4.41. The molecule has 1 aliphatic rings. The largest absolute Gasteiger partial charge is 0.334 e. The molecule has 1 atom stereocenters. The number of nitrogens with zero attached hydrogens (tertiary/aromatic N) is 2. The van der Waals surface area contributed by atoms with Crippen molar-refractivity contribution in [3.8, 4) is 0 Å². The van der Waals surface area contributed by atoms with Crippen LogP contribution in [-0.2, 0) is 11.3 Å². The first-order valence-corrected chi connectivity index (χ1v) is 7.71. The molecule has 7 heteroatoms. The van der Waals surface area contributed by atoms with Gasteiger partial charge in [0.15, 0.2) is 0 Å². The molecule has 1 N–H and O–H groups in total. The highest BCUT2D eigenvalue weighted by Crippen LogP contribution is 2.33. The van der Waals surface area contributed by atoms with Gasteiger partial charge >= 0.3 is 5.69 Å². The van der Waals surface area contributed by atoms with Gasteiger partial charge in [0.1, 0.15) is 6.54 Å². The number of aromatic nitrogens is 2. The second-order valence-corrected chi connectivity index (χ2v) is 5.82. The van der Waals surface area contributed by atoms with E-state index >= 15 is 0 Å². The van der Waals surface area contributed by atoms with E-state index in [2.05, 4.69) is 10.4 Å². The highest BCUT2D eigenvalue weighted by Gasteiger charge is 2.30. The third kappa shape index (κ3) is 2.82. The first kappa shape index (κ1) is 13.8. The summed E-state index contributed by atoms with van der Waals surface area (Å²) in [5.74, 6) is -0.0992. The first-order chi connectivity index (χ1) is 10.1. The van der Waals surface area contributed by atoms with Gasteiger partial charge in [0.05, 0.1) is 6.04 Å². The minimum absolute atomic E-state index is 0.0454. The van der Waals surface area contributed by atoms with Gasteiger partial charge < -0.3 is 4.90 Å². The quantitative estimate of drug-likeness (QED) is 0.918. The fourth-order valence-electron chi connectivity index (χ4n) is 2.68. The first-order valence-electron chi connectivity index (χ1n) is 6.76. The fourth-order valence-corrected chi connectivity index (χ4v) is 3.39. The maximum Gasteiger partial charge on any atom is 0.328 e. The van der Waals surface area contributed by atoms with Gasteiger partial charge in [-0.25, -0.2) is 4.79 Å². The number of nitrogens with one attached hydrogen (secondary N) is 1. The number of aromatic amines is 1. The minimum Gasteiger partial charge on any atom is -0.334 e. The zero-order valence-electron chi connectivity index (χ0n) is 11.3. The highest BCUT2D eigenvalue weighted by atomic mass is 32.1. The lowest BCUT2D eigenvalue weighted by Gasteiger charge is -2.24. The Hall–Kier alpha value is -2.15. The number of carbonyl (C=O) groups excluding carboxylic acids is 1. The van der Waals surface area contributed by atoms with Gasteiger partial charge in [-0.15, -0.1) is 0 Å². The summed E-state index contributed by atoms with van der Waals surface area (Å²) in [6.07, 6.45) is 3.27. The summed E-state index contributed by atoms with van der Waals surface area (Å²) in [5, 5.41) is 4.06. The Kier molecular flexibility index (Phi) is 3.74. The van der Waals surface area contributed by atoms with Crippen LogP contribution >= 0.6 is 11.3 Å². The molecule has 1 fully saturated rings. The lowest BCUT2D eigenvalue weighted by atomic mass is 10.1. The van der Waals surface area contributed by atoms with Crippen molar-refractivity contribution in [2.24, 2.45) is 0 Å². The number of hydrogen-bond acceptors (Lipinski definition) is 4. The van der Waals surface area contributed by atoms with Crippen molar-refractivity contribution >= 4 is 17.2 Å². The molecule has 0 radical (unpaired) electrons. The van der Waals surface area contributed by atoms with E-state index in [0.29, 0.717) is 6.54 Å². The molecule has 2 aromatic heterocycles. The Balaban J connectivity index is 1.78. The van der Waals surface area contributed by atoms with Crippen molar-refractivity contribution in [1.82, 2.24) is 14.5 Å². The third-order valence-electron chi connectivity index (χ3n) is 3.70. The molecule has 0 spiro atoms. The normalized spacial score (nSPS) is 18.1. The fraction of sp³-hybridized carbons (Fsp3) is 0.357. The van der Waals surface area contributed by atoms with Gasteiger partial charge in [0.25, 0.3) is 5.56 Å². The van der Waals surface area contributed by atoms with Crippen LogP contribution in [0.25, 0.3) is 0 Å². The lowest BCUT2D eigenvalue weighted by Crippen LogP contribution is -2.37. The molecule has 1 aliphatic heterocycles. The van der Waals surface area contributed by atoms with E-state index in [1.165, 1.54) is 16.8 Å². The molecule has 0 aromatic carbocycles. The van der Waals surface area contributed by atoms with Crippen molar-refractivity contribution in [3.05, 3.63) is 55.5 Å². The molecule has 0 aliphatic carbocycles. The lowest BCUT2D eigenvalue weighted by molar-refractivity contribution is -0.132. The van der Waals surface area contributed by atoms with Crippen LogP contribution in [0.1, 0.15) is 24.4 Å². The molecule has 6 nitrogen and oxygen atoms in total. The smallest absolute Gasteiger partial charge is 0.328 e. The van der Waals surface area contributed by atoms with E-state index in [9.17, 15) is 14.4 Å². The van der Waals surface area contributed by atoms with E-state index in [-0.39, 0.29) is 18.5 Å². The SMILES string of the molecule is O=C(Cn1ccc(=O)[nH]c1=O)N1CCCC1c1ccsc1. The number of thiophene rings is 1. The molecular weight excluding hydrogens is 290 g/mol. The number of carbonyl (C=O) groups is 1. The Morgan fingerprint density at radius 2 is 2.24 bits per heavy atom. The molecule has 1 unspecified atom stereocenters. The second kappa shape index (κ2) is 5.69. The van der Waals surface area contributed by atoms with E-state index in [1.807, 2.05) is 16.3 Å². The van der Waals surface area contributed by atoms with E-state index in [4.69, 9.17) is 0 Å². The van der Waals surface area contributed by atoms with Gasteiger partial charge in [-0.05, 0) is 35.2 Å². The van der Waals surface area contributed by atoms with Crippen LogP contribution in [0.3, 0.4) is 0 Å². The predicted octanol–water partition coefficient (Wildman–Crippen LogP) is 0.962. The Morgan fingerprint density at radius 1 is 1.38 bits per heavy atom. The molecule has 0 saturated carbocycles. The Morgan fingerprint density at radius 3 is 2.95 bits per heavy atom. The molecule has 0 bridgehead atoms. The second-order valence-electron chi connectivity index (χ2n) is 5.04. The van der Waals surface area contributed by atoms with Crippen molar-refractivity contribution < 1.29 is 4.79 Å². The average Bonchev–Trinajstić information content (AvgIpc) is 3.10. The summed E-state index contributed by atoms with van der Waals surface area (Å²) < 4.78 is 1.23. The monoisotopic (exact) mass is 305 g/mol. The Bertz CT molecular complexity index is 747. The number of H-pyrrole nitrogens is 1. The molecule has 21 heavy (non-hydrogen) atoms. The summed E-state index contributed by atoms with van der Waals surface area (Å²) in [7, 11) is 0. The number of hydrogen-bond donors (Lipinski definition) is 1. The molecule has 1 saturated heterocycles. The number of rotatable bonds is 3. The molecular formula is C14H15N3O3S. The van der Waals surface area contributed by atoms with Crippen molar-refractivity contribution in [3.63, 3.8) is 0 Å². The van der Waals surface area contributed by atoms with Crippen LogP contribution < -0.4 is 11.2 Å². The van der Waals surface area contributed by atoms with Gasteiger partial charge in [-0.3, -0.25) is 19.1 Å². The summed E-state index contributed by atoms with van der Waals surface area (Å²) in [4.78, 5) is 39.1. The van der Waals surface area contributed by atoms with Crippen molar-refractivity contribution in [2.75, 3.05) is 6.54 Å². The Labute approximate surface area is 124 Å². The zero-order valence-corrected chi connectivity index (χ0v) is 12.1. The minimum atomic E-state index is -0.554. The van der Waals surface area contributed by atoms with Crippen LogP contribution in [-0.4, -0.2) is 26.9 Å². The molecule has 1 amide bonds. The molecule has 3 heterocycles. The zero-order chi connectivity index (χ0) is 14.8. The van der Waals surface area contributed by atoms with Crippen molar-refractivity contribution in [2.45, 2.75) is 25.4 Å². The molecule has 3 rings (SSSR count). The summed E-state index contributed by atoms with van der Waals surface area (Å²) in [6, 6.07) is 3.38. The maximum atomic E-state index is 12.4. The van der Waals surface area contributed by atoms with Crippen LogP contribution in [0.15, 0.2) is 38.7 Å². The highest BCUT2D eigenvalue weighted by molar-refractivity contribution is 7.07. The molecule has 110 valence electrons. The van der Waals surface area contributed by atoms with Crippen LogP contribution in [0.4, 0.5) is 0 Å². The summed E-state index contributed by atoms with van der Waals surface area (Å²) in [6.45, 7) is 0.660. The van der Waals surface area contributed by atoms with Crippen LogP contribution in [0.2, 0.25) is 0 Å². The van der Waals surface area contributed by atoms with Gasteiger partial charge in [-0.1, -0.05) is 0 Å². The topological polar surface area (TPSA) is 75.2 Å². The van der Waals surface area contributed by atoms with Crippen LogP contribution in [0, 0.1) is 0 Å². The van der Waals surface area contributed by atoms with Crippen LogP contribution in [0.5, 0.6) is 0 Å². The van der Waals surface area contributed by atoms with Crippen molar-refractivity contribution in [1.29, 1.82) is 0 Å². The molecule has 2 aromatic rings. The number of likely N-dealkylation sites (tertiary alicyclic amines) is 1. The average molecular weight is 305 g/mol. The standard InChI is InChI=1S/C14H15N3O3S/c18-12-3-6-16(14(20)15-12)8-13(19)17-5-1-2-11(17)10-4-7-21-9-10/h3-4,6-7,9,11H,1-2,5,8H2,(H,15,18,20). The van der Waals surface area contributed by atoms with Gasteiger partial charge in [0.2, 0.25) is 5.91 Å². The van der Waals surface area contributed by atoms with E-state index < -0.39 is 11.2 Å². The van der Waals surface area contributed by atoms with E-state index in [1.54, 1.807) is 11.3 Å². The number of amides is 1. The van der Waals surface area contributed by atoms with Gasteiger partial charge in [-0.2, -0.15) is 11.3 Å². The van der Waals surface area contributed by atoms with Gasteiger partial charge in [0, 0.05) is 18.8 Å². The predicted molar refractivity (Wildman–Crippen MR) is 79.3 cm³/mol. The summed E-state index contributed by atoms with van der Waals surface area (Å²) >= 11 is 1.62.